The van der Waals surface area contributed by atoms with Crippen LogP contribution in [0.5, 0.6) is 0 Å². The minimum Gasteiger partial charge on any atom is -0.235 e. The quantitative estimate of drug-likeness (QED) is 0.525. The summed E-state index contributed by atoms with van der Waals surface area (Å²) >= 11 is 5.60. The van der Waals surface area contributed by atoms with Gasteiger partial charge in [-0.3, -0.25) is 0 Å². The van der Waals surface area contributed by atoms with Crippen LogP contribution in [0.2, 0.25) is 5.02 Å². The maximum absolute atomic E-state index is 12.7. The zero-order valence-corrected chi connectivity index (χ0v) is 6.61. The van der Waals surface area contributed by atoms with Crippen molar-refractivity contribution in [1.29, 1.82) is 0 Å². The molecule has 0 radical (unpaired) electrons. The van der Waals surface area contributed by atoms with Crippen molar-refractivity contribution in [3.05, 3.63) is 40.0 Å². The molecule has 0 atom stereocenters. The standard InChI is InChI=1S/C8H5ClFN/c1-5-3-8(11-2)7(10)4-6(5)9/h3-4H,1H3. The molecule has 1 aromatic carbocycles. The molecule has 0 aliphatic rings. The molecule has 1 rings (SSSR count). The van der Waals surface area contributed by atoms with Crippen LogP contribution in [0.3, 0.4) is 0 Å². The van der Waals surface area contributed by atoms with Gasteiger partial charge in [0, 0.05) is 5.02 Å². The van der Waals surface area contributed by atoms with E-state index < -0.39 is 5.82 Å². The van der Waals surface area contributed by atoms with E-state index in [-0.39, 0.29) is 5.69 Å². The predicted molar refractivity (Wildman–Crippen MR) is 42.4 cm³/mol. The molecule has 1 nitrogen and oxygen atoms in total. The number of rotatable bonds is 0. The number of hydrogen-bond donors (Lipinski definition) is 0. The molecule has 0 amide bonds. The van der Waals surface area contributed by atoms with Gasteiger partial charge >= 0.3 is 0 Å². The summed E-state index contributed by atoms with van der Waals surface area (Å²) in [6.07, 6.45) is 0. The third-order valence-corrected chi connectivity index (χ3v) is 1.76. The van der Waals surface area contributed by atoms with Gasteiger partial charge in [0.2, 0.25) is 5.69 Å². The van der Waals surface area contributed by atoms with Gasteiger partial charge in [-0.25, -0.2) is 9.24 Å². The average molecular weight is 170 g/mol. The normalized spacial score (nSPS) is 9.27. The second kappa shape index (κ2) is 2.89. The van der Waals surface area contributed by atoms with Gasteiger partial charge in [-0.15, -0.1) is 0 Å². The van der Waals surface area contributed by atoms with Crippen LogP contribution in [0.25, 0.3) is 4.85 Å². The summed E-state index contributed by atoms with van der Waals surface area (Å²) in [6.45, 7) is 8.33. The first-order valence-corrected chi connectivity index (χ1v) is 3.36. The van der Waals surface area contributed by atoms with Gasteiger partial charge in [-0.2, -0.15) is 0 Å². The van der Waals surface area contributed by atoms with Crippen LogP contribution in [0, 0.1) is 19.3 Å². The molecule has 0 fully saturated rings. The van der Waals surface area contributed by atoms with Gasteiger partial charge in [0.25, 0.3) is 0 Å². The molecule has 56 valence electrons. The maximum Gasteiger partial charge on any atom is 0.222 e. The fourth-order valence-corrected chi connectivity index (χ4v) is 0.878. The summed E-state index contributed by atoms with van der Waals surface area (Å²) in [7, 11) is 0. The number of hydrogen-bond acceptors (Lipinski definition) is 0. The third kappa shape index (κ3) is 1.50. The van der Waals surface area contributed by atoms with Crippen molar-refractivity contribution in [2.45, 2.75) is 6.92 Å². The first kappa shape index (κ1) is 8.03. The molecule has 0 bridgehead atoms. The Morgan fingerprint density at radius 3 is 2.73 bits per heavy atom. The molecule has 0 heterocycles. The number of nitrogens with zero attached hydrogens (tertiary/aromatic N) is 1. The van der Waals surface area contributed by atoms with Crippen molar-refractivity contribution in [3.63, 3.8) is 0 Å². The molecule has 0 aromatic heterocycles. The van der Waals surface area contributed by atoms with E-state index >= 15 is 0 Å². The van der Waals surface area contributed by atoms with Crippen LogP contribution in [-0.4, -0.2) is 0 Å². The third-order valence-electron chi connectivity index (χ3n) is 1.35. The highest BCUT2D eigenvalue weighted by atomic mass is 35.5. The zero-order valence-electron chi connectivity index (χ0n) is 5.86. The van der Waals surface area contributed by atoms with Crippen molar-refractivity contribution in [1.82, 2.24) is 0 Å². The van der Waals surface area contributed by atoms with E-state index in [1.165, 1.54) is 6.07 Å². The van der Waals surface area contributed by atoms with Gasteiger partial charge < -0.3 is 0 Å². The van der Waals surface area contributed by atoms with Gasteiger partial charge in [-0.1, -0.05) is 11.6 Å². The minimum atomic E-state index is -0.560. The molecule has 3 heteroatoms. The van der Waals surface area contributed by atoms with Crippen molar-refractivity contribution >= 4 is 17.3 Å². The van der Waals surface area contributed by atoms with Crippen molar-refractivity contribution in [3.8, 4) is 0 Å². The number of aryl methyl sites for hydroxylation is 1. The van der Waals surface area contributed by atoms with E-state index in [1.54, 1.807) is 6.92 Å². The summed E-state index contributed by atoms with van der Waals surface area (Å²) in [5.41, 5.74) is 0.742. The monoisotopic (exact) mass is 169 g/mol. The Morgan fingerprint density at radius 2 is 2.18 bits per heavy atom. The van der Waals surface area contributed by atoms with E-state index in [1.807, 2.05) is 0 Å². The summed E-state index contributed by atoms with van der Waals surface area (Å²) in [6, 6.07) is 2.59. The zero-order chi connectivity index (χ0) is 8.43. The lowest BCUT2D eigenvalue weighted by Gasteiger charge is -1.98. The van der Waals surface area contributed by atoms with Gasteiger partial charge in [-0.05, 0) is 24.6 Å². The van der Waals surface area contributed by atoms with Crippen LogP contribution in [0.15, 0.2) is 12.1 Å². The Morgan fingerprint density at radius 1 is 1.55 bits per heavy atom. The highest BCUT2D eigenvalue weighted by Crippen LogP contribution is 2.25. The van der Waals surface area contributed by atoms with E-state index in [0.29, 0.717) is 5.02 Å². The van der Waals surface area contributed by atoms with Gasteiger partial charge in [0.15, 0.2) is 0 Å². The number of halogens is 2. The van der Waals surface area contributed by atoms with E-state index in [4.69, 9.17) is 18.2 Å². The molecule has 0 spiro atoms. The summed E-state index contributed by atoms with van der Waals surface area (Å²) in [4.78, 5) is 2.99. The second-order valence-electron chi connectivity index (χ2n) is 2.16. The molecule has 1 aromatic rings. The lowest BCUT2D eigenvalue weighted by Crippen LogP contribution is -1.78. The van der Waals surface area contributed by atoms with Crippen LogP contribution in [-0.2, 0) is 0 Å². The predicted octanol–water partition coefficient (Wildman–Crippen LogP) is 3.34. The lowest BCUT2D eigenvalue weighted by molar-refractivity contribution is 0.633. The van der Waals surface area contributed by atoms with Crippen molar-refractivity contribution in [2.24, 2.45) is 0 Å². The molecule has 0 saturated heterocycles. The Labute approximate surface area is 69.2 Å². The van der Waals surface area contributed by atoms with E-state index in [0.717, 1.165) is 11.6 Å². The highest BCUT2D eigenvalue weighted by Gasteiger charge is 2.04. The van der Waals surface area contributed by atoms with Gasteiger partial charge in [0.05, 0.1) is 6.57 Å². The largest absolute Gasteiger partial charge is 0.235 e. The van der Waals surface area contributed by atoms with E-state index in [9.17, 15) is 4.39 Å². The van der Waals surface area contributed by atoms with Crippen LogP contribution < -0.4 is 0 Å². The van der Waals surface area contributed by atoms with Crippen LogP contribution in [0.4, 0.5) is 10.1 Å². The molecule has 11 heavy (non-hydrogen) atoms. The fraction of sp³-hybridized carbons (Fsp3) is 0.125. The first-order chi connectivity index (χ1) is 5.15. The summed E-state index contributed by atoms with van der Waals surface area (Å²) < 4.78 is 12.7. The molecular formula is C8H5ClFN. The average Bonchev–Trinajstić information content (AvgIpc) is 1.97. The summed E-state index contributed by atoms with van der Waals surface area (Å²) in [5, 5.41) is 0.356. The minimum absolute atomic E-state index is 0.0203. The smallest absolute Gasteiger partial charge is 0.222 e. The van der Waals surface area contributed by atoms with E-state index in [2.05, 4.69) is 4.85 Å². The molecule has 0 aliphatic carbocycles. The van der Waals surface area contributed by atoms with Gasteiger partial charge in [0.1, 0.15) is 5.82 Å². The molecule has 0 unspecified atom stereocenters. The lowest BCUT2D eigenvalue weighted by atomic mass is 10.2. The highest BCUT2D eigenvalue weighted by molar-refractivity contribution is 6.31. The van der Waals surface area contributed by atoms with Crippen LogP contribution in [0.1, 0.15) is 5.56 Å². The Hall–Kier alpha value is -1.07. The van der Waals surface area contributed by atoms with Crippen LogP contribution >= 0.6 is 11.6 Å². The first-order valence-electron chi connectivity index (χ1n) is 2.98. The Balaban J connectivity index is 3.35. The molecule has 0 saturated carbocycles. The molecule has 0 N–H and O–H groups in total. The topological polar surface area (TPSA) is 4.36 Å². The summed E-state index contributed by atoms with van der Waals surface area (Å²) in [5.74, 6) is -0.560. The SMILES string of the molecule is [C-]#[N+]c1cc(C)c(Cl)cc1F. The molecule has 0 aliphatic heterocycles. The van der Waals surface area contributed by atoms with Crippen molar-refractivity contribution in [2.75, 3.05) is 0 Å². The second-order valence-corrected chi connectivity index (χ2v) is 2.57. The Kier molecular flexibility index (Phi) is 2.11. The fourth-order valence-electron chi connectivity index (χ4n) is 0.728. The van der Waals surface area contributed by atoms with Crippen molar-refractivity contribution < 1.29 is 4.39 Å². The molecular weight excluding hydrogens is 165 g/mol. The Bertz CT molecular complexity index is 328. The maximum atomic E-state index is 12.7. The number of benzene rings is 1.